The fourth-order valence-corrected chi connectivity index (χ4v) is 2.54. The molecule has 27 heavy (non-hydrogen) atoms. The normalized spacial score (nSPS) is 11.2. The molecule has 7 nitrogen and oxygen atoms in total. The average molecular weight is 364 g/mol. The number of anilines is 1. The highest BCUT2D eigenvalue weighted by molar-refractivity contribution is 5.87. The summed E-state index contributed by atoms with van der Waals surface area (Å²) in [4.78, 5) is 16.4. The molecular formula is C20H24N6O. The Hall–Kier alpha value is -3.22. The summed E-state index contributed by atoms with van der Waals surface area (Å²) in [6, 6.07) is 11.7. The van der Waals surface area contributed by atoms with Crippen LogP contribution in [0.3, 0.4) is 0 Å². The van der Waals surface area contributed by atoms with Crippen LogP contribution in [0, 0.1) is 0 Å². The number of aromatic nitrogens is 4. The first kappa shape index (κ1) is 18.6. The summed E-state index contributed by atoms with van der Waals surface area (Å²) in [6.45, 7) is 7.38. The Morgan fingerprint density at radius 3 is 2.63 bits per heavy atom. The molecule has 0 spiro atoms. The molecule has 0 saturated carbocycles. The maximum Gasteiger partial charge on any atom is 0.320 e. The zero-order valence-electron chi connectivity index (χ0n) is 15.8. The van der Waals surface area contributed by atoms with Gasteiger partial charge in [-0.25, -0.2) is 9.48 Å². The first-order valence-corrected chi connectivity index (χ1v) is 8.83. The Balaban J connectivity index is 1.53. The molecule has 0 radical (unpaired) electrons. The SMILES string of the molecule is CC(C)(C)c1cncc(CNC(=O)Nc2cn(Cc3ccccc3)nn2)c1. The summed E-state index contributed by atoms with van der Waals surface area (Å²) in [6.07, 6.45) is 5.31. The van der Waals surface area contributed by atoms with Crippen molar-refractivity contribution in [3.05, 3.63) is 71.7 Å². The lowest BCUT2D eigenvalue weighted by Crippen LogP contribution is -2.28. The van der Waals surface area contributed by atoms with Gasteiger partial charge in [0.2, 0.25) is 0 Å². The van der Waals surface area contributed by atoms with Crippen LogP contribution in [0.2, 0.25) is 0 Å². The molecule has 2 aromatic heterocycles. The van der Waals surface area contributed by atoms with Crippen molar-refractivity contribution in [1.82, 2.24) is 25.3 Å². The van der Waals surface area contributed by atoms with E-state index in [0.717, 1.165) is 16.7 Å². The fourth-order valence-electron chi connectivity index (χ4n) is 2.54. The van der Waals surface area contributed by atoms with Crippen molar-refractivity contribution in [1.29, 1.82) is 0 Å². The van der Waals surface area contributed by atoms with Crippen LogP contribution in [0.5, 0.6) is 0 Å². The monoisotopic (exact) mass is 364 g/mol. The van der Waals surface area contributed by atoms with Gasteiger partial charge in [-0.1, -0.05) is 62.4 Å². The number of hydrogen-bond donors (Lipinski definition) is 2. The highest BCUT2D eigenvalue weighted by Crippen LogP contribution is 2.21. The van der Waals surface area contributed by atoms with E-state index in [1.807, 2.05) is 36.5 Å². The van der Waals surface area contributed by atoms with Crippen molar-refractivity contribution in [3.63, 3.8) is 0 Å². The molecule has 0 aliphatic carbocycles. The summed E-state index contributed by atoms with van der Waals surface area (Å²) >= 11 is 0. The lowest BCUT2D eigenvalue weighted by Gasteiger charge is -2.19. The van der Waals surface area contributed by atoms with Crippen LogP contribution in [0.1, 0.15) is 37.5 Å². The molecular weight excluding hydrogens is 340 g/mol. The van der Waals surface area contributed by atoms with E-state index in [-0.39, 0.29) is 11.4 Å². The Morgan fingerprint density at radius 1 is 1.11 bits per heavy atom. The third kappa shape index (κ3) is 5.37. The molecule has 7 heteroatoms. The second kappa shape index (κ2) is 7.99. The number of pyridine rings is 1. The van der Waals surface area contributed by atoms with Crippen LogP contribution in [-0.4, -0.2) is 26.0 Å². The minimum atomic E-state index is -0.331. The Kier molecular flexibility index (Phi) is 5.49. The van der Waals surface area contributed by atoms with E-state index in [0.29, 0.717) is 18.9 Å². The van der Waals surface area contributed by atoms with E-state index >= 15 is 0 Å². The summed E-state index contributed by atoms with van der Waals surface area (Å²) in [7, 11) is 0. The zero-order valence-corrected chi connectivity index (χ0v) is 15.8. The molecule has 0 aliphatic heterocycles. The number of nitrogens with zero attached hydrogens (tertiary/aromatic N) is 4. The lowest BCUT2D eigenvalue weighted by molar-refractivity contribution is 0.251. The minimum Gasteiger partial charge on any atom is -0.334 e. The molecule has 2 N–H and O–H groups in total. The van der Waals surface area contributed by atoms with Crippen LogP contribution >= 0.6 is 0 Å². The second-order valence-corrected chi connectivity index (χ2v) is 7.43. The molecule has 2 amide bonds. The van der Waals surface area contributed by atoms with Crippen LogP contribution in [0.25, 0.3) is 0 Å². The first-order valence-electron chi connectivity index (χ1n) is 8.83. The molecule has 0 unspecified atom stereocenters. The summed E-state index contributed by atoms with van der Waals surface area (Å²) in [5, 5.41) is 13.5. The predicted molar refractivity (Wildman–Crippen MR) is 104 cm³/mol. The number of carbonyl (C=O) groups excluding carboxylic acids is 1. The molecule has 0 bridgehead atoms. The Bertz CT molecular complexity index is 898. The third-order valence-corrected chi connectivity index (χ3v) is 4.08. The van der Waals surface area contributed by atoms with E-state index in [1.54, 1.807) is 17.1 Å². The van der Waals surface area contributed by atoms with Crippen LogP contribution in [0.4, 0.5) is 10.6 Å². The molecule has 3 aromatic rings. The van der Waals surface area contributed by atoms with Gasteiger partial charge in [0.05, 0.1) is 12.7 Å². The van der Waals surface area contributed by atoms with Crippen LogP contribution in [-0.2, 0) is 18.5 Å². The minimum absolute atomic E-state index is 0.0164. The molecule has 0 saturated heterocycles. The number of urea groups is 1. The molecule has 2 heterocycles. The number of nitrogens with one attached hydrogen (secondary N) is 2. The van der Waals surface area contributed by atoms with E-state index in [9.17, 15) is 4.79 Å². The third-order valence-electron chi connectivity index (χ3n) is 4.08. The van der Waals surface area contributed by atoms with Gasteiger partial charge in [-0.3, -0.25) is 10.3 Å². The maximum atomic E-state index is 12.1. The second-order valence-electron chi connectivity index (χ2n) is 7.43. The standard InChI is InChI=1S/C20H24N6O/c1-20(2,3)17-9-16(10-21-12-17)11-22-19(27)23-18-14-26(25-24-18)13-15-7-5-4-6-8-15/h4-10,12,14H,11,13H2,1-3H3,(H2,22,23,27). The molecule has 140 valence electrons. The van der Waals surface area contributed by atoms with E-state index in [2.05, 4.69) is 52.8 Å². The maximum absolute atomic E-state index is 12.1. The van der Waals surface area contributed by atoms with E-state index in [4.69, 9.17) is 0 Å². The highest BCUT2D eigenvalue weighted by Gasteiger charge is 2.14. The van der Waals surface area contributed by atoms with E-state index < -0.39 is 0 Å². The molecule has 3 rings (SSSR count). The van der Waals surface area contributed by atoms with Gasteiger partial charge < -0.3 is 5.32 Å². The smallest absolute Gasteiger partial charge is 0.320 e. The number of hydrogen-bond acceptors (Lipinski definition) is 4. The lowest BCUT2D eigenvalue weighted by atomic mass is 9.88. The van der Waals surface area contributed by atoms with Crippen molar-refractivity contribution in [2.75, 3.05) is 5.32 Å². The highest BCUT2D eigenvalue weighted by atomic mass is 16.2. The van der Waals surface area contributed by atoms with Crippen LogP contribution < -0.4 is 10.6 Å². The van der Waals surface area contributed by atoms with Crippen LogP contribution in [0.15, 0.2) is 55.0 Å². The van der Waals surface area contributed by atoms with Gasteiger partial charge in [-0.15, -0.1) is 5.10 Å². The average Bonchev–Trinajstić information content (AvgIpc) is 3.07. The van der Waals surface area contributed by atoms with E-state index in [1.165, 1.54) is 0 Å². The fraction of sp³-hybridized carbons (Fsp3) is 0.300. The quantitative estimate of drug-likeness (QED) is 0.727. The van der Waals surface area contributed by atoms with Gasteiger partial charge in [0.25, 0.3) is 0 Å². The van der Waals surface area contributed by atoms with Crippen molar-refractivity contribution < 1.29 is 4.79 Å². The number of benzene rings is 1. The van der Waals surface area contributed by atoms with Gasteiger partial charge >= 0.3 is 6.03 Å². The summed E-state index contributed by atoms with van der Waals surface area (Å²) < 4.78 is 1.68. The topological polar surface area (TPSA) is 84.7 Å². The van der Waals surface area contributed by atoms with Gasteiger partial charge in [0.15, 0.2) is 5.82 Å². The van der Waals surface area contributed by atoms with Crippen molar-refractivity contribution >= 4 is 11.8 Å². The number of amides is 2. The van der Waals surface area contributed by atoms with Gasteiger partial charge in [-0.2, -0.15) is 0 Å². The zero-order chi connectivity index (χ0) is 19.3. The van der Waals surface area contributed by atoms with Gasteiger partial charge in [0.1, 0.15) is 0 Å². The first-order chi connectivity index (χ1) is 12.9. The number of carbonyl (C=O) groups is 1. The number of rotatable bonds is 5. The molecule has 0 atom stereocenters. The van der Waals surface area contributed by atoms with Gasteiger partial charge in [0, 0.05) is 18.9 Å². The predicted octanol–water partition coefficient (Wildman–Crippen LogP) is 3.34. The Labute approximate surface area is 158 Å². The van der Waals surface area contributed by atoms with Gasteiger partial charge in [-0.05, 0) is 22.1 Å². The molecule has 0 fully saturated rings. The summed E-state index contributed by atoms with van der Waals surface area (Å²) in [5.74, 6) is 0.407. The van der Waals surface area contributed by atoms with Crippen molar-refractivity contribution in [3.8, 4) is 0 Å². The molecule has 0 aliphatic rings. The largest absolute Gasteiger partial charge is 0.334 e. The summed E-state index contributed by atoms with van der Waals surface area (Å²) in [5.41, 5.74) is 3.21. The molecule has 1 aromatic carbocycles. The van der Waals surface area contributed by atoms with Crippen molar-refractivity contribution in [2.45, 2.75) is 39.3 Å². The Morgan fingerprint density at radius 2 is 1.89 bits per heavy atom. The van der Waals surface area contributed by atoms with Crippen molar-refractivity contribution in [2.24, 2.45) is 0 Å².